The van der Waals surface area contributed by atoms with Gasteiger partial charge in [0.25, 0.3) is 0 Å². The predicted octanol–water partition coefficient (Wildman–Crippen LogP) is 6.24. The lowest BCUT2D eigenvalue weighted by molar-refractivity contribution is -0.275. The highest BCUT2D eigenvalue weighted by atomic mass is 32.2. The highest BCUT2D eigenvalue weighted by Gasteiger charge is 2.32. The molecule has 0 heterocycles. The Bertz CT molecular complexity index is 884. The summed E-state index contributed by atoms with van der Waals surface area (Å²) in [6.45, 7) is 0.957. The third-order valence-corrected chi connectivity index (χ3v) is 6.33. The number of rotatable bonds is 16. The van der Waals surface area contributed by atoms with Gasteiger partial charge in [-0.1, -0.05) is 24.6 Å². The van der Waals surface area contributed by atoms with Crippen molar-refractivity contribution >= 4 is 20.0 Å². The van der Waals surface area contributed by atoms with Gasteiger partial charge in [-0.3, -0.25) is 0 Å². The van der Waals surface area contributed by atoms with E-state index in [2.05, 4.69) is 14.6 Å². The fraction of sp³-hybridized carbons (Fsp3) is 0.478. The van der Waals surface area contributed by atoms with Gasteiger partial charge in [0.1, 0.15) is 18.1 Å². The highest BCUT2D eigenvalue weighted by molar-refractivity contribution is 7.99. The Hall–Kier alpha value is -1.84. The van der Waals surface area contributed by atoms with Gasteiger partial charge in [0.2, 0.25) is 0 Å². The van der Waals surface area contributed by atoms with Crippen LogP contribution in [0.3, 0.4) is 0 Å². The van der Waals surface area contributed by atoms with Crippen molar-refractivity contribution in [2.75, 3.05) is 26.0 Å². The molecule has 0 bridgehead atoms. The van der Waals surface area contributed by atoms with Gasteiger partial charge in [-0.25, -0.2) is 0 Å². The minimum atomic E-state index is -4.77. The number of aryl methyl sites for hydroxylation is 1. The molecule has 0 aliphatic carbocycles. The number of hydrogen-bond donors (Lipinski definition) is 2. The second-order valence-electron chi connectivity index (χ2n) is 7.44. The van der Waals surface area contributed by atoms with Crippen molar-refractivity contribution in [1.82, 2.24) is 5.32 Å². The third-order valence-electron chi connectivity index (χ3n) is 4.79. The third kappa shape index (κ3) is 12.0. The summed E-state index contributed by atoms with van der Waals surface area (Å²) in [5, 5.41) is 3.06. The lowest BCUT2D eigenvalue weighted by Crippen LogP contribution is -2.19. The van der Waals surface area contributed by atoms with Gasteiger partial charge >= 0.3 is 14.6 Å². The van der Waals surface area contributed by atoms with E-state index < -0.39 is 14.6 Å². The molecular formula is C23H30F3NO5PS+. The molecule has 0 saturated carbocycles. The quantitative estimate of drug-likeness (QED) is 0.154. The maximum absolute atomic E-state index is 12.9. The molecule has 0 fully saturated rings. The van der Waals surface area contributed by atoms with Crippen LogP contribution in [0.1, 0.15) is 36.8 Å². The summed E-state index contributed by atoms with van der Waals surface area (Å²) in [5.74, 6) is 1.32. The van der Waals surface area contributed by atoms with Crippen LogP contribution in [0.5, 0.6) is 11.5 Å². The molecule has 0 aliphatic heterocycles. The van der Waals surface area contributed by atoms with E-state index in [-0.39, 0.29) is 12.4 Å². The lowest BCUT2D eigenvalue weighted by atomic mass is 10.1. The Morgan fingerprint density at radius 2 is 1.76 bits per heavy atom. The van der Waals surface area contributed by atoms with Crippen LogP contribution in [0.25, 0.3) is 0 Å². The molecule has 2 N–H and O–H groups in total. The molecule has 0 aliphatic rings. The highest BCUT2D eigenvalue weighted by Crippen LogP contribution is 2.35. The number of methoxy groups -OCH3 is 1. The second kappa shape index (κ2) is 15.2. The summed E-state index contributed by atoms with van der Waals surface area (Å²) in [6.07, 6.45) is -0.452. The lowest BCUT2D eigenvalue weighted by Gasteiger charge is -2.15. The normalized spacial score (nSPS) is 12.0. The first-order valence-corrected chi connectivity index (χ1v) is 13.0. The van der Waals surface area contributed by atoms with Gasteiger partial charge in [0, 0.05) is 16.0 Å². The first-order chi connectivity index (χ1) is 16.3. The Morgan fingerprint density at radius 1 is 1.03 bits per heavy atom. The van der Waals surface area contributed by atoms with Crippen LogP contribution >= 0.6 is 20.0 Å². The van der Waals surface area contributed by atoms with Crippen LogP contribution < -0.4 is 14.8 Å². The first-order valence-electron chi connectivity index (χ1n) is 10.9. The molecule has 1 unspecified atom stereocenters. The zero-order valence-corrected chi connectivity index (χ0v) is 20.7. The molecule has 0 radical (unpaired) electrons. The summed E-state index contributed by atoms with van der Waals surface area (Å²) in [4.78, 5) is 9.01. The molecule has 2 aromatic carbocycles. The molecule has 0 saturated heterocycles. The van der Waals surface area contributed by atoms with Gasteiger partial charge in [0.05, 0.1) is 7.11 Å². The maximum atomic E-state index is 12.9. The van der Waals surface area contributed by atoms with Crippen molar-refractivity contribution in [2.45, 2.75) is 49.9 Å². The van der Waals surface area contributed by atoms with Crippen LogP contribution in [0.2, 0.25) is 0 Å². The molecule has 188 valence electrons. The summed E-state index contributed by atoms with van der Waals surface area (Å²) in [6, 6.07) is 12.8. The van der Waals surface area contributed by atoms with Gasteiger partial charge in [-0.2, -0.15) is 0 Å². The van der Waals surface area contributed by atoms with Crippen molar-refractivity contribution in [2.24, 2.45) is 0 Å². The van der Waals surface area contributed by atoms with E-state index in [1.54, 1.807) is 19.2 Å². The second-order valence-corrected chi connectivity index (χ2v) is 9.31. The van der Waals surface area contributed by atoms with Crippen LogP contribution in [0, 0.1) is 0 Å². The van der Waals surface area contributed by atoms with Crippen LogP contribution in [-0.2, 0) is 22.1 Å². The number of unbranched alkanes of at least 4 members (excludes halogenated alkanes) is 2. The van der Waals surface area contributed by atoms with E-state index >= 15 is 0 Å². The number of hydrogen-bond acceptors (Lipinski definition) is 6. The Labute approximate surface area is 203 Å². The van der Waals surface area contributed by atoms with Gasteiger partial charge in [-0.05, 0) is 73.4 Å². The molecule has 1 atom stereocenters. The number of benzene rings is 2. The molecule has 0 aromatic heterocycles. The van der Waals surface area contributed by atoms with Gasteiger partial charge in [-0.15, -0.1) is 34.4 Å². The zero-order chi connectivity index (χ0) is 24.8. The Kier molecular flexibility index (Phi) is 12.7. The van der Waals surface area contributed by atoms with E-state index in [1.165, 1.54) is 23.4 Å². The molecule has 0 spiro atoms. The van der Waals surface area contributed by atoms with Gasteiger partial charge < -0.3 is 14.8 Å². The van der Waals surface area contributed by atoms with Crippen LogP contribution in [0.15, 0.2) is 47.4 Å². The monoisotopic (exact) mass is 520 g/mol. The SMILES string of the molecule is COc1ccc(CCCCCSc2ccc(CNCCCO[P+](=O)O)cc2OC(F)(F)F)cc1. The summed E-state index contributed by atoms with van der Waals surface area (Å²) < 4.78 is 63.1. The summed E-state index contributed by atoms with van der Waals surface area (Å²) in [5.41, 5.74) is 1.88. The van der Waals surface area contributed by atoms with E-state index in [9.17, 15) is 17.7 Å². The standard InChI is InChI=1S/C23H29F3NO5PS/c1-30-20-10-7-18(8-11-20)6-3-2-4-15-34-22-12-9-19(16-21(22)32-23(24,25)26)17-27-13-5-14-31-33(28)29/h7-12,16,27H,2-6,13-15,17H2,1H3/p+1. The van der Waals surface area contributed by atoms with E-state index in [4.69, 9.17) is 9.63 Å². The zero-order valence-electron chi connectivity index (χ0n) is 19.0. The molecule has 34 heavy (non-hydrogen) atoms. The summed E-state index contributed by atoms with van der Waals surface area (Å²) >= 11 is 1.36. The van der Waals surface area contributed by atoms with E-state index in [0.717, 1.165) is 31.4 Å². The van der Waals surface area contributed by atoms with E-state index in [0.29, 0.717) is 35.7 Å². The number of halogens is 3. The minimum absolute atomic E-state index is 0.122. The Morgan fingerprint density at radius 3 is 2.44 bits per heavy atom. The predicted molar refractivity (Wildman–Crippen MR) is 126 cm³/mol. The first kappa shape index (κ1) is 28.4. The fourth-order valence-corrected chi connectivity index (χ4v) is 4.40. The van der Waals surface area contributed by atoms with Crippen molar-refractivity contribution in [3.63, 3.8) is 0 Å². The Balaban J connectivity index is 1.77. The van der Waals surface area contributed by atoms with Gasteiger partial charge in [0.15, 0.2) is 0 Å². The average molecular weight is 521 g/mol. The fourth-order valence-electron chi connectivity index (χ4n) is 3.14. The molecule has 11 heteroatoms. The maximum Gasteiger partial charge on any atom is 0.694 e. The van der Waals surface area contributed by atoms with Crippen LogP contribution in [-0.4, -0.2) is 37.3 Å². The number of thioether (sulfide) groups is 1. The number of nitrogens with one attached hydrogen (secondary N) is 1. The van der Waals surface area contributed by atoms with Crippen molar-refractivity contribution < 1.29 is 36.6 Å². The molecule has 6 nitrogen and oxygen atoms in total. The molecule has 2 rings (SSSR count). The molecule has 0 amide bonds. The largest absolute Gasteiger partial charge is 0.694 e. The average Bonchev–Trinajstić information content (AvgIpc) is 2.78. The van der Waals surface area contributed by atoms with Crippen molar-refractivity contribution in [3.05, 3.63) is 53.6 Å². The van der Waals surface area contributed by atoms with Crippen molar-refractivity contribution in [3.8, 4) is 11.5 Å². The summed E-state index contributed by atoms with van der Waals surface area (Å²) in [7, 11) is -0.984. The smallest absolute Gasteiger partial charge is 0.497 e. The molecule has 2 aromatic rings. The van der Waals surface area contributed by atoms with Crippen LogP contribution in [0.4, 0.5) is 13.2 Å². The number of alkyl halides is 3. The molecular weight excluding hydrogens is 490 g/mol. The topological polar surface area (TPSA) is 77.0 Å². The van der Waals surface area contributed by atoms with E-state index in [1.807, 2.05) is 24.3 Å². The number of ether oxygens (including phenoxy) is 2. The minimum Gasteiger partial charge on any atom is -0.497 e. The van der Waals surface area contributed by atoms with Crippen molar-refractivity contribution in [1.29, 1.82) is 0 Å².